The third kappa shape index (κ3) is 22.5. The number of hydrogen-bond acceptors (Lipinski definition) is 5. The number of rotatable bonds is 27. The summed E-state index contributed by atoms with van der Waals surface area (Å²) >= 11 is 0. The highest BCUT2D eigenvalue weighted by Crippen LogP contribution is 2.33. The zero-order chi connectivity index (χ0) is 33.2. The lowest BCUT2D eigenvalue weighted by molar-refractivity contribution is -0.942. The Morgan fingerprint density at radius 3 is 1.63 bits per heavy atom. The van der Waals surface area contributed by atoms with Crippen molar-refractivity contribution in [3.63, 3.8) is 0 Å². The fraction of sp³-hybridized carbons (Fsp3) is 0.842. The highest BCUT2D eigenvalue weighted by atomic mass is 32.2. The molecule has 0 aromatic heterocycles. The lowest BCUT2D eigenvalue weighted by Gasteiger charge is -2.49. The molecule has 8 heteroatoms. The van der Waals surface area contributed by atoms with Gasteiger partial charge >= 0.3 is 0 Å². The molecule has 1 aromatic rings. The van der Waals surface area contributed by atoms with E-state index in [1.807, 2.05) is 0 Å². The minimum atomic E-state index is -3.67. The van der Waals surface area contributed by atoms with Crippen LogP contribution in [0.4, 0.5) is 0 Å². The molecule has 3 saturated heterocycles. The fourth-order valence-corrected chi connectivity index (χ4v) is 6.89. The van der Waals surface area contributed by atoms with E-state index in [2.05, 4.69) is 37.3 Å². The van der Waals surface area contributed by atoms with Gasteiger partial charge in [0.05, 0.1) is 52.3 Å². The van der Waals surface area contributed by atoms with Gasteiger partial charge in [-0.3, -0.25) is 4.55 Å². The highest BCUT2D eigenvalue weighted by Gasteiger charge is 2.38. The van der Waals surface area contributed by atoms with Crippen molar-refractivity contribution in [3.05, 3.63) is 35.9 Å². The maximum absolute atomic E-state index is 9.19. The normalized spacial score (nSPS) is 19.9. The number of nitrogens with zero attached hydrogens (tertiary/aromatic N) is 1. The number of hydrogen-bond donors (Lipinski definition) is 1. The maximum atomic E-state index is 9.19. The first-order valence-electron chi connectivity index (χ1n) is 18.9. The molecule has 1 aromatic carbocycles. The van der Waals surface area contributed by atoms with Gasteiger partial charge in [-0.15, -0.1) is 0 Å². The molecule has 2 bridgehead atoms. The van der Waals surface area contributed by atoms with Gasteiger partial charge in [0.2, 0.25) is 0 Å². The van der Waals surface area contributed by atoms with Crippen LogP contribution in [0, 0.1) is 5.92 Å². The Bertz CT molecular complexity index is 914. The molecule has 3 fully saturated rings. The molecule has 1 unspecified atom stereocenters. The molecule has 1 atom stereocenters. The van der Waals surface area contributed by atoms with Crippen molar-refractivity contribution < 1.29 is 31.7 Å². The Kier molecular flexibility index (Phi) is 23.2. The van der Waals surface area contributed by atoms with Crippen molar-refractivity contribution in [2.24, 2.45) is 5.92 Å². The summed E-state index contributed by atoms with van der Waals surface area (Å²) in [6, 6.07) is 10.5. The van der Waals surface area contributed by atoms with E-state index in [0.29, 0.717) is 26.1 Å². The van der Waals surface area contributed by atoms with Crippen LogP contribution in [0.5, 0.6) is 0 Å². The second kappa shape index (κ2) is 25.9. The first-order chi connectivity index (χ1) is 22.3. The van der Waals surface area contributed by atoms with Gasteiger partial charge in [0.1, 0.15) is 6.10 Å². The predicted octanol–water partition coefficient (Wildman–Crippen LogP) is 9.00. The van der Waals surface area contributed by atoms with Crippen LogP contribution in [0.25, 0.3) is 0 Å². The van der Waals surface area contributed by atoms with Gasteiger partial charge in [-0.25, -0.2) is 0 Å². The average molecular weight is 669 g/mol. The van der Waals surface area contributed by atoms with Crippen LogP contribution >= 0.6 is 0 Å². The van der Waals surface area contributed by atoms with Crippen LogP contribution in [0.15, 0.2) is 30.3 Å². The molecule has 0 saturated carbocycles. The van der Waals surface area contributed by atoms with E-state index in [0.717, 1.165) is 32.0 Å². The molecule has 3 heterocycles. The SMILES string of the molecule is CCCCCCCCCCCCCCCCOCC(COCCCC[N+]12CCC(CC1)CC2)OCc1ccccc1.CS(=O)(=O)O. The van der Waals surface area contributed by atoms with Gasteiger partial charge in [-0.1, -0.05) is 121 Å². The topological polar surface area (TPSA) is 82.1 Å². The maximum Gasteiger partial charge on any atom is 0.261 e. The second-order valence-electron chi connectivity index (χ2n) is 14.1. The molecular weight excluding hydrogens is 598 g/mol. The predicted molar refractivity (Wildman–Crippen MR) is 191 cm³/mol. The van der Waals surface area contributed by atoms with Gasteiger partial charge in [0.15, 0.2) is 0 Å². The Labute approximate surface area is 283 Å². The number of benzene rings is 1. The molecule has 0 aliphatic carbocycles. The molecule has 46 heavy (non-hydrogen) atoms. The minimum absolute atomic E-state index is 0.00449. The first-order valence-corrected chi connectivity index (χ1v) is 20.7. The fourth-order valence-electron chi connectivity index (χ4n) is 6.89. The molecule has 1 N–H and O–H groups in total. The third-order valence-electron chi connectivity index (χ3n) is 9.78. The van der Waals surface area contributed by atoms with Crippen molar-refractivity contribution in [2.75, 3.05) is 58.9 Å². The van der Waals surface area contributed by atoms with Gasteiger partial charge in [-0.05, 0) is 50.0 Å². The summed E-state index contributed by atoms with van der Waals surface area (Å²) in [5.41, 5.74) is 1.21. The largest absolute Gasteiger partial charge is 0.379 e. The number of ether oxygens (including phenoxy) is 3. The van der Waals surface area contributed by atoms with Crippen molar-refractivity contribution >= 4 is 10.1 Å². The van der Waals surface area contributed by atoms with Gasteiger partial charge in [0, 0.05) is 13.2 Å². The van der Waals surface area contributed by atoms with Gasteiger partial charge in [-0.2, -0.15) is 8.42 Å². The van der Waals surface area contributed by atoms with Crippen LogP contribution in [-0.4, -0.2) is 82.4 Å². The smallest absolute Gasteiger partial charge is 0.261 e. The third-order valence-corrected chi connectivity index (χ3v) is 9.78. The van der Waals surface area contributed by atoms with Gasteiger partial charge in [0.25, 0.3) is 10.1 Å². The van der Waals surface area contributed by atoms with Gasteiger partial charge < -0.3 is 18.7 Å². The summed E-state index contributed by atoms with van der Waals surface area (Å²) < 4.78 is 45.7. The van der Waals surface area contributed by atoms with Crippen LogP contribution in [0.2, 0.25) is 0 Å². The second-order valence-corrected chi connectivity index (χ2v) is 15.5. The zero-order valence-electron chi connectivity index (χ0n) is 29.7. The van der Waals surface area contributed by atoms with E-state index in [-0.39, 0.29) is 6.10 Å². The number of quaternary nitrogens is 1. The number of fused-ring (bicyclic) bond motifs is 3. The lowest BCUT2D eigenvalue weighted by Crippen LogP contribution is -2.58. The molecule has 7 nitrogen and oxygen atoms in total. The van der Waals surface area contributed by atoms with Crippen LogP contribution in [-0.2, 0) is 30.9 Å². The molecule has 268 valence electrons. The first kappa shape index (κ1) is 41.1. The average Bonchev–Trinajstić information content (AvgIpc) is 3.05. The zero-order valence-corrected chi connectivity index (χ0v) is 30.5. The molecular formula is C38H70NO6S+. The summed E-state index contributed by atoms with van der Waals surface area (Å²) in [5, 5.41) is 0. The Balaban J connectivity index is 0.00000136. The lowest BCUT2D eigenvalue weighted by atomic mass is 9.85. The van der Waals surface area contributed by atoms with Crippen LogP contribution < -0.4 is 0 Å². The van der Waals surface area contributed by atoms with E-state index < -0.39 is 10.1 Å². The quantitative estimate of drug-likeness (QED) is 0.0573. The summed E-state index contributed by atoms with van der Waals surface area (Å²) in [6.07, 6.45) is 27.0. The van der Waals surface area contributed by atoms with Crippen LogP contribution in [0.1, 0.15) is 134 Å². The number of piperidine rings is 3. The standard InChI is InChI=1S/C37H66NO3.CH4O3S/c1-2-3-4-5-6-7-8-9-10-11-12-13-14-19-30-39-33-37(41-32-36-21-16-15-17-22-36)34-40-31-20-18-26-38-27-23-35(24-28-38)25-29-38;1-5(2,3)4/h15-17,21-22,35,37H,2-14,18-20,23-34H2,1H3;1H3,(H,2,3,4)/q+1;. The van der Waals surface area contributed by atoms with E-state index in [1.165, 1.54) is 145 Å². The van der Waals surface area contributed by atoms with E-state index in [4.69, 9.17) is 18.8 Å². The van der Waals surface area contributed by atoms with Crippen molar-refractivity contribution in [1.82, 2.24) is 0 Å². The number of unbranched alkanes of at least 4 members (excludes halogenated alkanes) is 14. The van der Waals surface area contributed by atoms with Crippen molar-refractivity contribution in [3.8, 4) is 0 Å². The van der Waals surface area contributed by atoms with Crippen molar-refractivity contribution in [2.45, 2.75) is 142 Å². The Hall–Kier alpha value is -1.03. The Morgan fingerprint density at radius 2 is 1.15 bits per heavy atom. The Morgan fingerprint density at radius 1 is 0.717 bits per heavy atom. The summed E-state index contributed by atoms with van der Waals surface area (Å²) in [5.74, 6) is 1.04. The molecule has 3 aliphatic heterocycles. The molecule has 3 aliphatic rings. The molecule has 0 spiro atoms. The summed E-state index contributed by atoms with van der Waals surface area (Å²) in [6.45, 7) is 11.5. The summed E-state index contributed by atoms with van der Waals surface area (Å²) in [4.78, 5) is 0. The highest BCUT2D eigenvalue weighted by molar-refractivity contribution is 7.85. The molecule has 4 rings (SSSR count). The minimum Gasteiger partial charge on any atom is -0.379 e. The molecule has 0 amide bonds. The summed E-state index contributed by atoms with van der Waals surface area (Å²) in [7, 11) is -3.67. The monoisotopic (exact) mass is 668 g/mol. The van der Waals surface area contributed by atoms with Crippen LogP contribution in [0.3, 0.4) is 0 Å². The van der Waals surface area contributed by atoms with E-state index >= 15 is 0 Å². The van der Waals surface area contributed by atoms with E-state index in [9.17, 15) is 8.42 Å². The van der Waals surface area contributed by atoms with E-state index in [1.54, 1.807) is 0 Å². The molecule has 0 radical (unpaired) electrons. The van der Waals surface area contributed by atoms with Crippen molar-refractivity contribution in [1.29, 1.82) is 0 Å².